The van der Waals surface area contributed by atoms with Crippen LogP contribution >= 0.6 is 0 Å². The molecular formula is C18H23FN4O. The first-order chi connectivity index (χ1) is 11.6. The van der Waals surface area contributed by atoms with Crippen LogP contribution in [0.2, 0.25) is 0 Å². The molecule has 0 radical (unpaired) electrons. The van der Waals surface area contributed by atoms with Gasteiger partial charge in [0.05, 0.1) is 11.3 Å². The van der Waals surface area contributed by atoms with Crippen molar-refractivity contribution in [2.45, 2.75) is 26.9 Å². The maximum absolute atomic E-state index is 13.3. The molecule has 1 aromatic carbocycles. The molecule has 0 saturated carbocycles. The van der Waals surface area contributed by atoms with Crippen LogP contribution in [0.5, 0.6) is 0 Å². The Labute approximate surface area is 141 Å². The zero-order valence-electron chi connectivity index (χ0n) is 14.2. The Morgan fingerprint density at radius 3 is 2.62 bits per heavy atom. The molecule has 1 aliphatic heterocycles. The van der Waals surface area contributed by atoms with Crippen molar-refractivity contribution < 1.29 is 9.18 Å². The first-order valence-corrected chi connectivity index (χ1v) is 8.37. The first kappa shape index (κ1) is 16.6. The summed E-state index contributed by atoms with van der Waals surface area (Å²) in [5.74, 6) is -0.151. The Morgan fingerprint density at radius 1 is 1.25 bits per heavy atom. The summed E-state index contributed by atoms with van der Waals surface area (Å²) in [6.07, 6.45) is 1.83. The molecular weight excluding hydrogens is 307 g/mol. The summed E-state index contributed by atoms with van der Waals surface area (Å²) in [5, 5.41) is 4.35. The van der Waals surface area contributed by atoms with Gasteiger partial charge in [-0.15, -0.1) is 0 Å². The number of nitrogens with zero attached hydrogens (tertiary/aromatic N) is 4. The van der Waals surface area contributed by atoms with E-state index < -0.39 is 0 Å². The Balaban J connectivity index is 1.58. The molecule has 0 N–H and O–H groups in total. The average molecular weight is 330 g/mol. The number of piperazine rings is 1. The molecule has 24 heavy (non-hydrogen) atoms. The second-order valence-electron chi connectivity index (χ2n) is 6.18. The molecule has 128 valence electrons. The van der Waals surface area contributed by atoms with Crippen LogP contribution in [0.1, 0.15) is 28.5 Å². The third-order valence-electron chi connectivity index (χ3n) is 4.46. The van der Waals surface area contributed by atoms with Crippen LogP contribution < -0.4 is 0 Å². The van der Waals surface area contributed by atoms with Crippen molar-refractivity contribution in [3.63, 3.8) is 0 Å². The van der Waals surface area contributed by atoms with Crippen LogP contribution in [0.3, 0.4) is 0 Å². The lowest BCUT2D eigenvalue weighted by molar-refractivity contribution is 0.0627. The van der Waals surface area contributed by atoms with Crippen molar-refractivity contribution >= 4 is 5.91 Å². The van der Waals surface area contributed by atoms with Crippen LogP contribution in [0, 0.1) is 12.7 Å². The van der Waals surface area contributed by atoms with E-state index in [1.165, 1.54) is 6.07 Å². The topological polar surface area (TPSA) is 41.4 Å². The van der Waals surface area contributed by atoms with Crippen LogP contribution in [0.15, 0.2) is 30.5 Å². The van der Waals surface area contributed by atoms with E-state index in [0.29, 0.717) is 25.2 Å². The molecule has 0 aliphatic carbocycles. The highest BCUT2D eigenvalue weighted by atomic mass is 19.1. The molecule has 0 atom stereocenters. The van der Waals surface area contributed by atoms with Crippen molar-refractivity contribution in [3.8, 4) is 0 Å². The molecule has 5 nitrogen and oxygen atoms in total. The number of rotatable bonds is 4. The molecule has 6 heteroatoms. The predicted molar refractivity (Wildman–Crippen MR) is 90.2 cm³/mol. The van der Waals surface area contributed by atoms with Gasteiger partial charge < -0.3 is 4.90 Å². The number of carbonyl (C=O) groups is 1. The summed E-state index contributed by atoms with van der Waals surface area (Å²) >= 11 is 0. The van der Waals surface area contributed by atoms with E-state index in [9.17, 15) is 9.18 Å². The highest BCUT2D eigenvalue weighted by molar-refractivity contribution is 5.95. The lowest BCUT2D eigenvalue weighted by Gasteiger charge is -2.34. The number of amides is 1. The number of aryl methyl sites for hydroxylation is 2. The fourth-order valence-corrected chi connectivity index (χ4v) is 3.06. The highest BCUT2D eigenvalue weighted by Crippen LogP contribution is 2.14. The van der Waals surface area contributed by atoms with E-state index >= 15 is 0 Å². The zero-order valence-corrected chi connectivity index (χ0v) is 14.2. The van der Waals surface area contributed by atoms with E-state index in [0.717, 1.165) is 30.9 Å². The van der Waals surface area contributed by atoms with E-state index in [2.05, 4.69) is 10.00 Å². The normalized spacial score (nSPS) is 15.7. The van der Waals surface area contributed by atoms with Gasteiger partial charge in [-0.1, -0.05) is 12.1 Å². The minimum Gasteiger partial charge on any atom is -0.336 e. The van der Waals surface area contributed by atoms with Crippen LogP contribution in [-0.2, 0) is 13.1 Å². The van der Waals surface area contributed by atoms with E-state index in [1.54, 1.807) is 16.8 Å². The smallest absolute Gasteiger partial charge is 0.257 e. The van der Waals surface area contributed by atoms with E-state index in [-0.39, 0.29) is 11.7 Å². The van der Waals surface area contributed by atoms with Crippen LogP contribution in [-0.4, -0.2) is 51.7 Å². The van der Waals surface area contributed by atoms with Crippen molar-refractivity contribution in [1.82, 2.24) is 19.6 Å². The fraction of sp³-hybridized carbons (Fsp3) is 0.444. The molecule has 2 aromatic rings. The fourth-order valence-electron chi connectivity index (χ4n) is 3.06. The third-order valence-corrected chi connectivity index (χ3v) is 4.46. The van der Waals surface area contributed by atoms with Crippen molar-refractivity contribution in [2.75, 3.05) is 26.2 Å². The molecule has 1 amide bonds. The SMILES string of the molecule is CCn1cc(C(=O)N2CCN(Cc3cccc(F)c3)CC2)c(C)n1. The molecule has 0 unspecified atom stereocenters. The summed E-state index contributed by atoms with van der Waals surface area (Å²) in [7, 11) is 0. The van der Waals surface area contributed by atoms with Gasteiger partial charge in [0.1, 0.15) is 5.82 Å². The molecule has 1 aliphatic rings. The number of hydrogen-bond donors (Lipinski definition) is 0. The van der Waals surface area contributed by atoms with Gasteiger partial charge in [0.15, 0.2) is 0 Å². The molecule has 1 aromatic heterocycles. The maximum Gasteiger partial charge on any atom is 0.257 e. The standard InChI is InChI=1S/C18H23FN4O/c1-3-23-13-17(14(2)20-23)18(24)22-9-7-21(8-10-22)12-15-5-4-6-16(19)11-15/h4-6,11,13H,3,7-10,12H2,1-2H3. The Hall–Kier alpha value is -2.21. The minimum absolute atomic E-state index is 0.0533. The number of aromatic nitrogens is 2. The van der Waals surface area contributed by atoms with Gasteiger partial charge in [0.25, 0.3) is 5.91 Å². The summed E-state index contributed by atoms with van der Waals surface area (Å²) in [5.41, 5.74) is 2.44. The van der Waals surface area contributed by atoms with Crippen molar-refractivity contribution in [2.24, 2.45) is 0 Å². The quantitative estimate of drug-likeness (QED) is 0.864. The lowest BCUT2D eigenvalue weighted by atomic mass is 10.1. The monoisotopic (exact) mass is 330 g/mol. The second-order valence-corrected chi connectivity index (χ2v) is 6.18. The Kier molecular flexibility index (Phi) is 4.94. The predicted octanol–water partition coefficient (Wildman–Crippen LogP) is 2.31. The van der Waals surface area contributed by atoms with Crippen LogP contribution in [0.4, 0.5) is 4.39 Å². The average Bonchev–Trinajstić information content (AvgIpc) is 2.96. The Morgan fingerprint density at radius 2 is 2.00 bits per heavy atom. The van der Waals surface area contributed by atoms with Gasteiger partial charge in [-0.3, -0.25) is 14.4 Å². The summed E-state index contributed by atoms with van der Waals surface area (Å²) in [6, 6.07) is 6.70. The van der Waals surface area contributed by atoms with Gasteiger partial charge in [0.2, 0.25) is 0 Å². The van der Waals surface area contributed by atoms with Gasteiger partial charge in [-0.2, -0.15) is 5.10 Å². The maximum atomic E-state index is 13.3. The number of halogens is 1. The van der Waals surface area contributed by atoms with Gasteiger partial charge in [-0.25, -0.2) is 4.39 Å². The van der Waals surface area contributed by atoms with Gasteiger partial charge >= 0.3 is 0 Å². The molecule has 0 bridgehead atoms. The highest BCUT2D eigenvalue weighted by Gasteiger charge is 2.24. The third kappa shape index (κ3) is 3.64. The summed E-state index contributed by atoms with van der Waals surface area (Å²) in [4.78, 5) is 16.8. The number of benzene rings is 1. The number of carbonyl (C=O) groups excluding carboxylic acids is 1. The first-order valence-electron chi connectivity index (χ1n) is 8.37. The second kappa shape index (κ2) is 7.13. The molecule has 1 fully saturated rings. The molecule has 0 spiro atoms. The van der Waals surface area contributed by atoms with Gasteiger partial charge in [-0.05, 0) is 31.5 Å². The zero-order chi connectivity index (χ0) is 17.1. The summed E-state index contributed by atoms with van der Waals surface area (Å²) < 4.78 is 15.1. The van der Waals surface area contributed by atoms with Crippen LogP contribution in [0.25, 0.3) is 0 Å². The Bertz CT molecular complexity index is 720. The van der Waals surface area contributed by atoms with E-state index in [4.69, 9.17) is 0 Å². The molecule has 2 heterocycles. The summed E-state index contributed by atoms with van der Waals surface area (Å²) in [6.45, 7) is 8.32. The minimum atomic E-state index is -0.204. The van der Waals surface area contributed by atoms with Gasteiger partial charge in [0, 0.05) is 45.5 Å². The van der Waals surface area contributed by atoms with E-state index in [1.807, 2.05) is 31.0 Å². The number of hydrogen-bond acceptors (Lipinski definition) is 3. The van der Waals surface area contributed by atoms with Crippen molar-refractivity contribution in [1.29, 1.82) is 0 Å². The molecule has 3 rings (SSSR count). The largest absolute Gasteiger partial charge is 0.336 e. The van der Waals surface area contributed by atoms with Crippen molar-refractivity contribution in [3.05, 3.63) is 53.1 Å². The lowest BCUT2D eigenvalue weighted by Crippen LogP contribution is -2.48. The molecule has 1 saturated heterocycles.